The molecule has 1 aromatic heterocycles. The third kappa shape index (κ3) is 1.91. The van der Waals surface area contributed by atoms with E-state index in [4.69, 9.17) is 9.52 Å². The van der Waals surface area contributed by atoms with Gasteiger partial charge in [0.2, 0.25) is 5.78 Å². The minimum absolute atomic E-state index is 0.0498. The fourth-order valence-electron chi connectivity index (χ4n) is 0.701. The Hall–Kier alpha value is -1.65. The topological polar surface area (TPSA) is 80.4 Å². The van der Waals surface area contributed by atoms with Gasteiger partial charge < -0.3 is 9.52 Å². The smallest absolute Gasteiger partial charge is 0.311 e. The number of carboxylic acid groups (broad SMARTS) is 1. The van der Waals surface area contributed by atoms with Gasteiger partial charge in [-0.05, 0) is 0 Å². The highest BCUT2D eigenvalue weighted by molar-refractivity contribution is 5.89. The van der Waals surface area contributed by atoms with Crippen molar-refractivity contribution in [2.24, 2.45) is 0 Å². The summed E-state index contributed by atoms with van der Waals surface area (Å²) in [6.07, 6.45) is 0.991. The highest BCUT2D eigenvalue weighted by atomic mass is 16.4. The maximum atomic E-state index is 10.6. The second-order valence-corrected chi connectivity index (χ2v) is 2.26. The van der Waals surface area contributed by atoms with Gasteiger partial charge in [-0.1, -0.05) is 0 Å². The van der Waals surface area contributed by atoms with E-state index in [1.165, 1.54) is 13.1 Å². The van der Waals surface area contributed by atoms with E-state index >= 15 is 0 Å². The standard InChI is InChI=1S/C7H7NO4/c1-4(9)7-8-3-5(12-7)2-6(10)11/h3H,2H2,1H3,(H,10,11). The second kappa shape index (κ2) is 3.17. The Kier molecular flexibility index (Phi) is 2.23. The number of carboxylic acids is 1. The van der Waals surface area contributed by atoms with Crippen LogP contribution in [0.4, 0.5) is 0 Å². The van der Waals surface area contributed by atoms with Crippen molar-refractivity contribution in [1.29, 1.82) is 0 Å². The van der Waals surface area contributed by atoms with Gasteiger partial charge in [-0.3, -0.25) is 9.59 Å². The van der Waals surface area contributed by atoms with Crippen LogP contribution < -0.4 is 0 Å². The summed E-state index contributed by atoms with van der Waals surface area (Å²) in [4.78, 5) is 24.4. The van der Waals surface area contributed by atoms with Crippen molar-refractivity contribution in [3.05, 3.63) is 17.8 Å². The van der Waals surface area contributed by atoms with Crippen LogP contribution >= 0.6 is 0 Å². The first-order valence-corrected chi connectivity index (χ1v) is 3.27. The summed E-state index contributed by atoms with van der Waals surface area (Å²) < 4.78 is 4.81. The molecule has 64 valence electrons. The van der Waals surface area contributed by atoms with Crippen LogP contribution in [0.15, 0.2) is 10.6 Å². The second-order valence-electron chi connectivity index (χ2n) is 2.26. The number of Topliss-reactive ketones (excluding diaryl/α,β-unsaturated/α-hetero) is 1. The van der Waals surface area contributed by atoms with Crippen LogP contribution in [0.2, 0.25) is 0 Å². The SMILES string of the molecule is CC(=O)c1ncc(CC(=O)O)o1. The lowest BCUT2D eigenvalue weighted by molar-refractivity contribution is -0.136. The Bertz CT molecular complexity index is 315. The molecule has 1 aromatic rings. The fourth-order valence-corrected chi connectivity index (χ4v) is 0.701. The van der Waals surface area contributed by atoms with Crippen LogP contribution in [0, 0.1) is 0 Å². The Morgan fingerprint density at radius 2 is 2.33 bits per heavy atom. The molecule has 5 heteroatoms. The average Bonchev–Trinajstić information content (AvgIpc) is 2.34. The van der Waals surface area contributed by atoms with Gasteiger partial charge in [-0.2, -0.15) is 0 Å². The highest BCUT2D eigenvalue weighted by Crippen LogP contribution is 2.04. The van der Waals surface area contributed by atoms with E-state index < -0.39 is 5.97 Å². The molecule has 0 aliphatic carbocycles. The minimum atomic E-state index is -1.01. The zero-order valence-corrected chi connectivity index (χ0v) is 6.40. The normalized spacial score (nSPS) is 9.75. The number of aromatic nitrogens is 1. The van der Waals surface area contributed by atoms with E-state index in [9.17, 15) is 9.59 Å². The van der Waals surface area contributed by atoms with Crippen LogP contribution in [-0.4, -0.2) is 21.8 Å². The minimum Gasteiger partial charge on any atom is -0.481 e. The van der Waals surface area contributed by atoms with Gasteiger partial charge in [0, 0.05) is 6.92 Å². The lowest BCUT2D eigenvalue weighted by atomic mass is 10.4. The molecule has 12 heavy (non-hydrogen) atoms. The Labute approximate surface area is 68.0 Å². The number of hydrogen-bond donors (Lipinski definition) is 1. The largest absolute Gasteiger partial charge is 0.481 e. The van der Waals surface area contributed by atoms with Gasteiger partial charge in [0.15, 0.2) is 0 Å². The van der Waals surface area contributed by atoms with Crippen molar-refractivity contribution < 1.29 is 19.1 Å². The monoisotopic (exact) mass is 169 g/mol. The molecule has 0 saturated heterocycles. The van der Waals surface area contributed by atoms with Crippen molar-refractivity contribution in [2.75, 3.05) is 0 Å². The predicted molar refractivity (Wildman–Crippen MR) is 37.8 cm³/mol. The summed E-state index contributed by atoms with van der Waals surface area (Å²) in [6.45, 7) is 1.30. The Balaban J connectivity index is 2.77. The van der Waals surface area contributed by atoms with Gasteiger partial charge in [0.05, 0.1) is 6.20 Å². The Morgan fingerprint density at radius 3 is 2.75 bits per heavy atom. The van der Waals surface area contributed by atoms with Crippen LogP contribution in [0.1, 0.15) is 23.4 Å². The van der Waals surface area contributed by atoms with E-state index in [1.807, 2.05) is 0 Å². The molecule has 0 saturated carbocycles. The number of carbonyl (C=O) groups is 2. The van der Waals surface area contributed by atoms with E-state index in [0.717, 1.165) is 0 Å². The lowest BCUT2D eigenvalue weighted by Crippen LogP contribution is -1.98. The number of oxazole rings is 1. The first kappa shape index (κ1) is 8.45. The molecule has 0 aromatic carbocycles. The van der Waals surface area contributed by atoms with Gasteiger partial charge in [0.25, 0.3) is 5.89 Å². The van der Waals surface area contributed by atoms with Crippen molar-refractivity contribution >= 4 is 11.8 Å². The molecular formula is C7H7NO4. The van der Waals surface area contributed by atoms with E-state index in [2.05, 4.69) is 4.98 Å². The summed E-state index contributed by atoms with van der Waals surface area (Å²) in [5.74, 6) is -1.19. The molecule has 0 unspecified atom stereocenters. The summed E-state index contributed by atoms with van der Waals surface area (Å²) >= 11 is 0. The first-order chi connectivity index (χ1) is 5.59. The summed E-state index contributed by atoms with van der Waals surface area (Å²) in [6, 6.07) is 0. The summed E-state index contributed by atoms with van der Waals surface area (Å²) in [5, 5.41) is 8.34. The van der Waals surface area contributed by atoms with Crippen molar-refractivity contribution in [2.45, 2.75) is 13.3 Å². The molecular weight excluding hydrogens is 162 g/mol. The summed E-state index contributed by atoms with van der Waals surface area (Å²) in [7, 11) is 0. The number of rotatable bonds is 3. The third-order valence-corrected chi connectivity index (χ3v) is 1.18. The average molecular weight is 169 g/mol. The number of aliphatic carboxylic acids is 1. The van der Waals surface area contributed by atoms with Gasteiger partial charge >= 0.3 is 5.97 Å². The molecule has 0 radical (unpaired) electrons. The van der Waals surface area contributed by atoms with E-state index in [0.29, 0.717) is 0 Å². The predicted octanol–water partition coefficient (Wildman–Crippen LogP) is 0.504. The molecule has 0 spiro atoms. The van der Waals surface area contributed by atoms with Crippen LogP contribution in [0.25, 0.3) is 0 Å². The van der Waals surface area contributed by atoms with E-state index in [-0.39, 0.29) is 23.9 Å². The molecule has 0 fully saturated rings. The highest BCUT2D eigenvalue weighted by Gasteiger charge is 2.10. The quantitative estimate of drug-likeness (QED) is 0.666. The molecule has 5 nitrogen and oxygen atoms in total. The number of ketones is 1. The van der Waals surface area contributed by atoms with Crippen molar-refractivity contribution in [1.82, 2.24) is 4.98 Å². The number of hydrogen-bond acceptors (Lipinski definition) is 4. The molecule has 1 rings (SSSR count). The maximum absolute atomic E-state index is 10.6. The first-order valence-electron chi connectivity index (χ1n) is 3.27. The van der Waals surface area contributed by atoms with E-state index in [1.54, 1.807) is 0 Å². The maximum Gasteiger partial charge on any atom is 0.311 e. The summed E-state index contributed by atoms with van der Waals surface area (Å²) in [5.41, 5.74) is 0. The van der Waals surface area contributed by atoms with Crippen molar-refractivity contribution in [3.63, 3.8) is 0 Å². The number of nitrogens with zero attached hydrogens (tertiary/aromatic N) is 1. The molecule has 0 bridgehead atoms. The van der Waals surface area contributed by atoms with Gasteiger partial charge in [-0.15, -0.1) is 0 Å². The zero-order chi connectivity index (χ0) is 9.14. The van der Waals surface area contributed by atoms with Crippen LogP contribution in [0.5, 0.6) is 0 Å². The molecule has 0 atom stereocenters. The third-order valence-electron chi connectivity index (χ3n) is 1.18. The van der Waals surface area contributed by atoms with Crippen LogP contribution in [-0.2, 0) is 11.2 Å². The molecule has 0 aliphatic rings. The molecule has 0 amide bonds. The zero-order valence-electron chi connectivity index (χ0n) is 6.40. The number of carbonyl (C=O) groups excluding carboxylic acids is 1. The molecule has 1 N–H and O–H groups in total. The fraction of sp³-hybridized carbons (Fsp3) is 0.286. The van der Waals surface area contributed by atoms with Gasteiger partial charge in [0.1, 0.15) is 12.2 Å². The van der Waals surface area contributed by atoms with Crippen molar-refractivity contribution in [3.8, 4) is 0 Å². The molecule has 0 aliphatic heterocycles. The Morgan fingerprint density at radius 1 is 1.67 bits per heavy atom. The van der Waals surface area contributed by atoms with Gasteiger partial charge in [-0.25, -0.2) is 4.98 Å². The van der Waals surface area contributed by atoms with Crippen LogP contribution in [0.3, 0.4) is 0 Å². The lowest BCUT2D eigenvalue weighted by Gasteiger charge is -1.86. The molecule has 1 heterocycles.